The molecule has 0 spiro atoms. The third-order valence-electron chi connectivity index (χ3n) is 4.21. The number of aliphatic hydroxyl groups excluding tert-OH is 9. The third-order valence-corrected chi connectivity index (χ3v) is 4.21. The molecule has 0 amide bonds. The van der Waals surface area contributed by atoms with Gasteiger partial charge in [0.25, 0.3) is 0 Å². The summed E-state index contributed by atoms with van der Waals surface area (Å²) in [5.74, 6) is 0. The fourth-order valence-corrected chi connectivity index (χ4v) is 2.69. The lowest BCUT2D eigenvalue weighted by Crippen LogP contribution is -2.67. The Bertz CT molecular complexity index is 377. The molecule has 1 saturated heterocycles. The number of hydrogen-bond donors (Lipinski definition) is 9. The van der Waals surface area contributed by atoms with Gasteiger partial charge in [-0.1, -0.05) is 0 Å². The van der Waals surface area contributed by atoms with Gasteiger partial charge in [-0.2, -0.15) is 0 Å². The summed E-state index contributed by atoms with van der Waals surface area (Å²) >= 11 is 0. The molecule has 23 heavy (non-hydrogen) atoms. The largest absolute Gasteiger partial charge is 0.394 e. The van der Waals surface area contributed by atoms with Gasteiger partial charge in [-0.3, -0.25) is 0 Å². The van der Waals surface area contributed by atoms with Gasteiger partial charge in [0, 0.05) is 0 Å². The number of hydrogen-bond acceptors (Lipinski definition) is 11. The van der Waals surface area contributed by atoms with Crippen LogP contribution in [-0.2, 0) is 9.47 Å². The first-order valence-electron chi connectivity index (χ1n) is 7.07. The standard InChI is InChI=1S/C12H22O11/c13-1-2-3(14)4(15)10(21)12(22-2)23-11-8(19)6(17)5(16)7(18)9(11)20/h2-21H,1H2/t2?,3-,4?,5?,6-,7?,8?,9?,10?,11?,12+/m1/s1. The van der Waals surface area contributed by atoms with Crippen LogP contribution in [0.4, 0.5) is 0 Å². The van der Waals surface area contributed by atoms with Crippen LogP contribution >= 0.6 is 0 Å². The van der Waals surface area contributed by atoms with Gasteiger partial charge in [0.05, 0.1) is 6.61 Å². The van der Waals surface area contributed by atoms with Crippen molar-refractivity contribution in [3.8, 4) is 0 Å². The molecule has 0 aromatic rings. The summed E-state index contributed by atoms with van der Waals surface area (Å²) in [5.41, 5.74) is 0. The lowest BCUT2D eigenvalue weighted by atomic mass is 9.84. The highest BCUT2D eigenvalue weighted by Gasteiger charge is 2.52. The van der Waals surface area contributed by atoms with E-state index in [1.807, 2.05) is 0 Å². The molecule has 1 saturated carbocycles. The minimum Gasteiger partial charge on any atom is -0.394 e. The molecule has 0 aromatic carbocycles. The topological polar surface area (TPSA) is 201 Å². The van der Waals surface area contributed by atoms with Crippen LogP contribution in [-0.4, -0.2) is 120 Å². The van der Waals surface area contributed by atoms with Crippen molar-refractivity contribution in [2.75, 3.05) is 6.61 Å². The summed E-state index contributed by atoms with van der Waals surface area (Å²) in [6.07, 6.45) is -18.9. The minimum atomic E-state index is -1.83. The van der Waals surface area contributed by atoms with Crippen LogP contribution in [0, 0.1) is 0 Å². The molecule has 136 valence electrons. The Hall–Kier alpha value is -0.440. The first-order chi connectivity index (χ1) is 10.7. The quantitative estimate of drug-likeness (QED) is 0.236. The molecule has 0 bridgehead atoms. The molecule has 11 atom stereocenters. The molecule has 2 aliphatic rings. The Labute approximate surface area is 130 Å². The number of rotatable bonds is 3. The molecule has 9 N–H and O–H groups in total. The van der Waals surface area contributed by atoms with Crippen molar-refractivity contribution in [3.63, 3.8) is 0 Å². The Kier molecular flexibility index (Phi) is 5.92. The van der Waals surface area contributed by atoms with E-state index in [-0.39, 0.29) is 0 Å². The lowest BCUT2D eigenvalue weighted by Gasteiger charge is -2.45. The van der Waals surface area contributed by atoms with E-state index < -0.39 is 73.9 Å². The first kappa shape index (κ1) is 18.9. The van der Waals surface area contributed by atoms with Crippen molar-refractivity contribution < 1.29 is 55.4 Å². The van der Waals surface area contributed by atoms with Crippen LogP contribution in [0.15, 0.2) is 0 Å². The van der Waals surface area contributed by atoms with E-state index in [9.17, 15) is 40.9 Å². The monoisotopic (exact) mass is 342 g/mol. The SMILES string of the molecule is OCC1O[C@@H](OC2C(O)C(O)C(O)[C@@H](O)C2O)C(O)C(O)[C@@H]1O. The Balaban J connectivity index is 2.13. The molecule has 1 heterocycles. The summed E-state index contributed by atoms with van der Waals surface area (Å²) in [7, 11) is 0. The second-order valence-corrected chi connectivity index (χ2v) is 5.75. The molecule has 11 nitrogen and oxygen atoms in total. The predicted octanol–water partition coefficient (Wildman–Crippen LogP) is -6.01. The van der Waals surface area contributed by atoms with E-state index in [0.29, 0.717) is 0 Å². The van der Waals surface area contributed by atoms with Crippen molar-refractivity contribution in [2.24, 2.45) is 0 Å². The highest BCUT2D eigenvalue weighted by Crippen LogP contribution is 2.29. The summed E-state index contributed by atoms with van der Waals surface area (Å²) in [6.45, 7) is -0.704. The number of aliphatic hydroxyl groups is 9. The zero-order chi connectivity index (χ0) is 17.5. The van der Waals surface area contributed by atoms with Crippen molar-refractivity contribution in [1.82, 2.24) is 0 Å². The molecule has 2 rings (SSSR count). The average molecular weight is 342 g/mol. The zero-order valence-electron chi connectivity index (χ0n) is 11.9. The van der Waals surface area contributed by atoms with Crippen LogP contribution in [0.3, 0.4) is 0 Å². The molecule has 1 aliphatic heterocycles. The fourth-order valence-electron chi connectivity index (χ4n) is 2.69. The van der Waals surface area contributed by atoms with E-state index in [0.717, 1.165) is 0 Å². The van der Waals surface area contributed by atoms with Crippen LogP contribution in [0.2, 0.25) is 0 Å². The van der Waals surface area contributed by atoms with Crippen LogP contribution in [0.25, 0.3) is 0 Å². The van der Waals surface area contributed by atoms with Crippen molar-refractivity contribution >= 4 is 0 Å². The molecular weight excluding hydrogens is 320 g/mol. The molecule has 11 heteroatoms. The zero-order valence-corrected chi connectivity index (χ0v) is 11.9. The molecule has 1 aliphatic carbocycles. The van der Waals surface area contributed by atoms with Gasteiger partial charge < -0.3 is 55.4 Å². The Morgan fingerprint density at radius 2 is 1.04 bits per heavy atom. The van der Waals surface area contributed by atoms with E-state index in [1.54, 1.807) is 0 Å². The van der Waals surface area contributed by atoms with Crippen LogP contribution < -0.4 is 0 Å². The average Bonchev–Trinajstić information content (AvgIpc) is 2.54. The maximum absolute atomic E-state index is 9.85. The Morgan fingerprint density at radius 3 is 1.52 bits per heavy atom. The summed E-state index contributed by atoms with van der Waals surface area (Å²) in [4.78, 5) is 0. The number of ether oxygens (including phenoxy) is 2. The van der Waals surface area contributed by atoms with Crippen LogP contribution in [0.1, 0.15) is 0 Å². The molecule has 0 aromatic heterocycles. The van der Waals surface area contributed by atoms with E-state index in [2.05, 4.69) is 0 Å². The lowest BCUT2D eigenvalue weighted by molar-refractivity contribution is -0.339. The van der Waals surface area contributed by atoms with Gasteiger partial charge in [-0.15, -0.1) is 0 Å². The van der Waals surface area contributed by atoms with Gasteiger partial charge in [0.1, 0.15) is 61.0 Å². The third kappa shape index (κ3) is 3.36. The first-order valence-corrected chi connectivity index (χ1v) is 7.07. The minimum absolute atomic E-state index is 0.704. The molecule has 2 fully saturated rings. The fraction of sp³-hybridized carbons (Fsp3) is 1.00. The molecular formula is C12H22O11. The second kappa shape index (κ2) is 7.21. The van der Waals surface area contributed by atoms with Crippen molar-refractivity contribution in [1.29, 1.82) is 0 Å². The smallest absolute Gasteiger partial charge is 0.187 e. The normalized spacial score (nSPS) is 54.9. The summed E-state index contributed by atoms with van der Waals surface area (Å²) in [6, 6.07) is 0. The van der Waals surface area contributed by atoms with E-state index in [1.165, 1.54) is 0 Å². The highest BCUT2D eigenvalue weighted by molar-refractivity contribution is 5.00. The van der Waals surface area contributed by atoms with Crippen molar-refractivity contribution in [3.05, 3.63) is 0 Å². The van der Waals surface area contributed by atoms with Crippen molar-refractivity contribution in [2.45, 2.75) is 67.3 Å². The maximum atomic E-state index is 9.85. The van der Waals surface area contributed by atoms with Gasteiger partial charge in [-0.25, -0.2) is 0 Å². The van der Waals surface area contributed by atoms with Gasteiger partial charge in [0.15, 0.2) is 6.29 Å². The Morgan fingerprint density at radius 1 is 0.609 bits per heavy atom. The second-order valence-electron chi connectivity index (χ2n) is 5.75. The van der Waals surface area contributed by atoms with E-state index in [4.69, 9.17) is 14.6 Å². The summed E-state index contributed by atoms with van der Waals surface area (Å²) in [5, 5.41) is 86.6. The molecule has 0 radical (unpaired) electrons. The highest BCUT2D eigenvalue weighted by atomic mass is 16.7. The molecule has 8 unspecified atom stereocenters. The van der Waals surface area contributed by atoms with E-state index >= 15 is 0 Å². The maximum Gasteiger partial charge on any atom is 0.187 e. The van der Waals surface area contributed by atoms with Gasteiger partial charge in [0.2, 0.25) is 0 Å². The summed E-state index contributed by atoms with van der Waals surface area (Å²) < 4.78 is 10.2. The predicted molar refractivity (Wildman–Crippen MR) is 68.7 cm³/mol. The van der Waals surface area contributed by atoms with Gasteiger partial charge >= 0.3 is 0 Å². The van der Waals surface area contributed by atoms with Gasteiger partial charge in [-0.05, 0) is 0 Å². The van der Waals surface area contributed by atoms with Crippen LogP contribution in [0.5, 0.6) is 0 Å².